The van der Waals surface area contributed by atoms with E-state index < -0.39 is 24.3 Å². The molecule has 2 N–H and O–H groups in total. The summed E-state index contributed by atoms with van der Waals surface area (Å²) in [4.78, 5) is 22.3. The minimum atomic E-state index is -1.22. The number of carboxylic acids is 1. The molecular weight excluding hydrogens is 375 g/mol. The van der Waals surface area contributed by atoms with Gasteiger partial charge in [0.05, 0.1) is 17.3 Å². The first-order valence-corrected chi connectivity index (χ1v) is 9.25. The summed E-state index contributed by atoms with van der Waals surface area (Å²) < 4.78 is 15.1. The number of rotatable bonds is 8. The van der Waals surface area contributed by atoms with Crippen molar-refractivity contribution in [3.8, 4) is 11.3 Å². The molecule has 0 spiro atoms. The smallest absolute Gasteiger partial charge is 0.310 e. The van der Waals surface area contributed by atoms with Crippen molar-refractivity contribution in [2.24, 2.45) is 0 Å². The lowest BCUT2D eigenvalue weighted by atomic mass is 9.98. The van der Waals surface area contributed by atoms with E-state index in [9.17, 15) is 19.1 Å². The van der Waals surface area contributed by atoms with E-state index in [1.165, 1.54) is 18.2 Å². The van der Waals surface area contributed by atoms with Gasteiger partial charge >= 0.3 is 5.97 Å². The first-order valence-electron chi connectivity index (χ1n) is 9.25. The van der Waals surface area contributed by atoms with Gasteiger partial charge in [-0.25, -0.2) is 8.91 Å². The Kier molecular flexibility index (Phi) is 6.19. The Balaban J connectivity index is 2.02. The Morgan fingerprint density at radius 2 is 1.97 bits per heavy atom. The number of aliphatic hydroxyl groups is 1. The normalized spacial score (nSPS) is 12.5. The molecular formula is C22H21FN2O4. The third-order valence-electron chi connectivity index (χ3n) is 4.57. The molecule has 0 saturated heterocycles. The Labute approximate surface area is 166 Å². The van der Waals surface area contributed by atoms with Crippen molar-refractivity contribution in [2.45, 2.75) is 32.3 Å². The Morgan fingerprint density at radius 1 is 1.24 bits per heavy atom. The zero-order valence-electron chi connectivity index (χ0n) is 15.9. The zero-order valence-corrected chi connectivity index (χ0v) is 15.9. The monoisotopic (exact) mass is 396 g/mol. The number of Topliss-reactive ketones (excluding diaryl/α,β-unsaturated/α-hetero) is 1. The van der Waals surface area contributed by atoms with Crippen LogP contribution in [0.1, 0.15) is 30.9 Å². The lowest BCUT2D eigenvalue weighted by molar-refractivity contribution is -0.140. The second-order valence-corrected chi connectivity index (χ2v) is 6.68. The summed E-state index contributed by atoms with van der Waals surface area (Å²) in [7, 11) is 0. The highest BCUT2D eigenvalue weighted by Crippen LogP contribution is 2.29. The van der Waals surface area contributed by atoms with E-state index in [2.05, 4.69) is 5.10 Å². The maximum absolute atomic E-state index is 13.4. The minimum absolute atomic E-state index is 0.281. The Bertz CT molecular complexity index is 1070. The van der Waals surface area contributed by atoms with E-state index in [1.54, 1.807) is 22.7 Å². The van der Waals surface area contributed by atoms with Gasteiger partial charge < -0.3 is 10.2 Å². The highest BCUT2D eigenvalue weighted by atomic mass is 19.1. The zero-order chi connectivity index (χ0) is 21.0. The predicted molar refractivity (Wildman–Crippen MR) is 107 cm³/mol. The van der Waals surface area contributed by atoms with Gasteiger partial charge in [0.15, 0.2) is 0 Å². The molecule has 6 nitrogen and oxygen atoms in total. The van der Waals surface area contributed by atoms with Gasteiger partial charge in [0.1, 0.15) is 18.0 Å². The number of benzene rings is 1. The molecule has 29 heavy (non-hydrogen) atoms. The van der Waals surface area contributed by atoms with Crippen molar-refractivity contribution in [1.29, 1.82) is 0 Å². The van der Waals surface area contributed by atoms with E-state index in [0.29, 0.717) is 17.7 Å². The molecule has 0 aliphatic heterocycles. The summed E-state index contributed by atoms with van der Waals surface area (Å²) in [5.74, 6) is -2.12. The number of carbonyl (C=O) groups is 2. The van der Waals surface area contributed by atoms with Crippen LogP contribution in [-0.2, 0) is 16.0 Å². The van der Waals surface area contributed by atoms with Crippen LogP contribution in [0.25, 0.3) is 22.9 Å². The molecule has 3 rings (SSSR count). The van der Waals surface area contributed by atoms with E-state index in [1.807, 2.05) is 25.3 Å². The lowest BCUT2D eigenvalue weighted by Gasteiger charge is -2.14. The molecule has 1 unspecified atom stereocenters. The highest BCUT2D eigenvalue weighted by Gasteiger charge is 2.16. The van der Waals surface area contributed by atoms with E-state index >= 15 is 0 Å². The summed E-state index contributed by atoms with van der Waals surface area (Å²) in [5.41, 5.74) is 3.99. The van der Waals surface area contributed by atoms with Crippen LogP contribution in [0.3, 0.4) is 0 Å². The van der Waals surface area contributed by atoms with Gasteiger partial charge in [-0.2, -0.15) is 5.10 Å². The lowest BCUT2D eigenvalue weighted by Crippen LogP contribution is -2.14. The maximum Gasteiger partial charge on any atom is 0.310 e. The predicted octanol–water partition coefficient (Wildman–Crippen LogP) is 3.51. The molecule has 0 saturated carbocycles. The average Bonchev–Trinajstić information content (AvgIpc) is 3.13. The molecule has 3 aromatic rings. The number of aromatic nitrogens is 2. The SMILES string of the molecule is CCc1c(C=CC(O)CC(=O)CC(=O)O)c(-c2ccc(F)cc2)nn2cccc12. The van der Waals surface area contributed by atoms with Crippen LogP contribution in [0, 0.1) is 5.82 Å². The number of fused-ring (bicyclic) bond motifs is 1. The molecule has 1 atom stereocenters. The van der Waals surface area contributed by atoms with E-state index in [-0.39, 0.29) is 12.2 Å². The van der Waals surface area contributed by atoms with Crippen LogP contribution in [0.15, 0.2) is 48.7 Å². The third-order valence-corrected chi connectivity index (χ3v) is 4.57. The summed E-state index contributed by atoms with van der Waals surface area (Å²) in [6, 6.07) is 9.80. The average molecular weight is 396 g/mol. The molecule has 0 radical (unpaired) electrons. The fraction of sp³-hybridized carbons (Fsp3) is 0.227. The standard InChI is InChI=1S/C22H21FN2O4/c1-2-18-19(10-9-16(26)12-17(27)13-21(28)29)22(14-5-7-15(23)8-6-14)24-25-11-3-4-20(18)25/h3-11,16,26H,2,12-13H2,1H3,(H,28,29). The minimum Gasteiger partial charge on any atom is -0.481 e. The van der Waals surface area contributed by atoms with Gasteiger partial charge in [-0.05, 0) is 48.4 Å². The largest absolute Gasteiger partial charge is 0.481 e. The molecule has 0 fully saturated rings. The fourth-order valence-corrected chi connectivity index (χ4v) is 3.26. The Hall–Kier alpha value is -3.32. The fourth-order valence-electron chi connectivity index (χ4n) is 3.26. The Morgan fingerprint density at radius 3 is 2.62 bits per heavy atom. The number of hydrogen-bond acceptors (Lipinski definition) is 4. The van der Waals surface area contributed by atoms with Gasteiger partial charge in [-0.3, -0.25) is 9.59 Å². The number of aliphatic carboxylic acids is 1. The number of hydrogen-bond donors (Lipinski definition) is 2. The van der Waals surface area contributed by atoms with Crippen LogP contribution in [-0.4, -0.2) is 37.7 Å². The molecule has 0 bridgehead atoms. The van der Waals surface area contributed by atoms with Gasteiger partial charge in [-0.15, -0.1) is 0 Å². The summed E-state index contributed by atoms with van der Waals surface area (Å²) in [6.07, 6.45) is 3.65. The van der Waals surface area contributed by atoms with Crippen molar-refractivity contribution < 1.29 is 24.2 Å². The topological polar surface area (TPSA) is 91.9 Å². The molecule has 0 amide bonds. The highest BCUT2D eigenvalue weighted by molar-refractivity contribution is 5.95. The third kappa shape index (κ3) is 4.75. The van der Waals surface area contributed by atoms with Crippen LogP contribution >= 0.6 is 0 Å². The molecule has 1 aromatic carbocycles. The number of nitrogens with zero attached hydrogens (tertiary/aromatic N) is 2. The molecule has 0 aliphatic carbocycles. The summed E-state index contributed by atoms with van der Waals surface area (Å²) >= 11 is 0. The van der Waals surface area contributed by atoms with Crippen LogP contribution in [0.2, 0.25) is 0 Å². The number of aliphatic hydroxyl groups excluding tert-OH is 1. The first kappa shape index (κ1) is 20.4. The second kappa shape index (κ2) is 8.79. The number of halogens is 1. The van der Waals surface area contributed by atoms with E-state index in [0.717, 1.165) is 16.6 Å². The van der Waals surface area contributed by atoms with Crippen molar-refractivity contribution >= 4 is 23.3 Å². The van der Waals surface area contributed by atoms with Gasteiger partial charge in [0, 0.05) is 23.7 Å². The van der Waals surface area contributed by atoms with E-state index in [4.69, 9.17) is 5.11 Å². The molecule has 150 valence electrons. The van der Waals surface area contributed by atoms with Crippen molar-refractivity contribution in [3.05, 3.63) is 65.6 Å². The number of carbonyl (C=O) groups excluding carboxylic acids is 1. The van der Waals surface area contributed by atoms with Crippen LogP contribution < -0.4 is 0 Å². The van der Waals surface area contributed by atoms with Gasteiger partial charge in [0.2, 0.25) is 0 Å². The maximum atomic E-state index is 13.4. The summed E-state index contributed by atoms with van der Waals surface area (Å²) in [5, 5.41) is 23.5. The first-order chi connectivity index (χ1) is 13.9. The number of ketones is 1. The van der Waals surface area contributed by atoms with Crippen molar-refractivity contribution in [2.75, 3.05) is 0 Å². The van der Waals surface area contributed by atoms with Crippen LogP contribution in [0.5, 0.6) is 0 Å². The van der Waals surface area contributed by atoms with Gasteiger partial charge in [0.25, 0.3) is 0 Å². The second-order valence-electron chi connectivity index (χ2n) is 6.68. The number of carboxylic acid groups (broad SMARTS) is 1. The summed E-state index contributed by atoms with van der Waals surface area (Å²) in [6.45, 7) is 2.00. The molecule has 0 aliphatic rings. The molecule has 2 aromatic heterocycles. The quantitative estimate of drug-likeness (QED) is 0.569. The van der Waals surface area contributed by atoms with Gasteiger partial charge in [-0.1, -0.05) is 19.1 Å². The van der Waals surface area contributed by atoms with Crippen molar-refractivity contribution in [3.63, 3.8) is 0 Å². The van der Waals surface area contributed by atoms with Crippen LogP contribution in [0.4, 0.5) is 4.39 Å². The molecule has 2 heterocycles. The molecule has 7 heteroatoms. The van der Waals surface area contributed by atoms with Crippen molar-refractivity contribution in [1.82, 2.24) is 9.61 Å². The number of aryl methyl sites for hydroxylation is 1.